The predicted octanol–water partition coefficient (Wildman–Crippen LogP) is -2.40. The molecule has 0 fully saturated rings. The van der Waals surface area contributed by atoms with Crippen LogP contribution >= 0.6 is 0 Å². The van der Waals surface area contributed by atoms with E-state index in [-0.39, 0.29) is 18.1 Å². The van der Waals surface area contributed by atoms with Crippen LogP contribution in [0, 0.1) is 5.92 Å². The number of rotatable bonds is 15. The number of nitrogens with two attached hydrogens (primary N) is 3. The molecule has 0 aliphatic rings. The lowest BCUT2D eigenvalue weighted by Crippen LogP contribution is -2.58. The number of aromatic hydroxyl groups is 1. The van der Waals surface area contributed by atoms with Gasteiger partial charge in [-0.25, -0.2) is 4.79 Å². The molecule has 0 saturated carbocycles. The number of amides is 5. The minimum atomic E-state index is -1.62. The predicted molar refractivity (Wildman–Crippen MR) is 130 cm³/mol. The van der Waals surface area contributed by atoms with Crippen molar-refractivity contribution in [1.82, 2.24) is 16.0 Å². The number of aliphatic carboxylic acids is 1. The van der Waals surface area contributed by atoms with Crippen LogP contribution < -0.4 is 33.2 Å². The molecule has 0 radical (unpaired) electrons. The molecule has 14 nitrogen and oxygen atoms in total. The third-order valence-corrected chi connectivity index (χ3v) is 5.13. The summed E-state index contributed by atoms with van der Waals surface area (Å²) in [6.45, 7) is 3.67. The van der Waals surface area contributed by atoms with Gasteiger partial charge in [0.25, 0.3) is 0 Å². The number of benzene rings is 1. The number of nitrogens with one attached hydrogen (secondary N) is 3. The minimum Gasteiger partial charge on any atom is -0.508 e. The first-order valence-electron chi connectivity index (χ1n) is 11.4. The van der Waals surface area contributed by atoms with E-state index in [0.29, 0.717) is 12.0 Å². The number of phenolic OH excluding ortho intramolecular Hbond substituents is 1. The third kappa shape index (κ3) is 11.4. The normalized spacial score (nSPS) is 14.1. The molecule has 204 valence electrons. The van der Waals surface area contributed by atoms with Crippen LogP contribution in [0.5, 0.6) is 5.75 Å². The molecule has 0 aliphatic carbocycles. The van der Waals surface area contributed by atoms with E-state index in [4.69, 9.17) is 17.2 Å². The highest BCUT2D eigenvalue weighted by Gasteiger charge is 2.32. The first kappa shape index (κ1) is 30.8. The second kappa shape index (κ2) is 14.4. The first-order valence-corrected chi connectivity index (χ1v) is 11.4. The summed E-state index contributed by atoms with van der Waals surface area (Å²) in [5, 5.41) is 25.7. The average molecular weight is 523 g/mol. The maximum absolute atomic E-state index is 12.9. The van der Waals surface area contributed by atoms with E-state index in [9.17, 15) is 39.0 Å². The third-order valence-electron chi connectivity index (χ3n) is 5.13. The zero-order valence-electron chi connectivity index (χ0n) is 20.6. The topological polar surface area (TPSA) is 257 Å². The van der Waals surface area contributed by atoms with Crippen molar-refractivity contribution < 1.29 is 39.0 Å². The molecule has 0 bridgehead atoms. The van der Waals surface area contributed by atoms with Crippen LogP contribution in [0.3, 0.4) is 0 Å². The Labute approximate surface area is 213 Å². The average Bonchev–Trinajstić information content (AvgIpc) is 2.77. The second-order valence-electron chi connectivity index (χ2n) is 8.97. The Kier molecular flexibility index (Phi) is 12.0. The fourth-order valence-corrected chi connectivity index (χ4v) is 3.33. The molecule has 0 aliphatic heterocycles. The van der Waals surface area contributed by atoms with Crippen molar-refractivity contribution in [3.8, 4) is 5.75 Å². The molecule has 0 spiro atoms. The molecule has 1 aromatic carbocycles. The zero-order valence-corrected chi connectivity index (χ0v) is 20.6. The summed E-state index contributed by atoms with van der Waals surface area (Å²) in [5.41, 5.74) is 16.7. The lowest BCUT2D eigenvalue weighted by atomic mass is 10.0. The van der Waals surface area contributed by atoms with Crippen LogP contribution in [0.25, 0.3) is 0 Å². The number of phenols is 1. The van der Waals surface area contributed by atoms with Gasteiger partial charge >= 0.3 is 5.97 Å². The highest BCUT2D eigenvalue weighted by Crippen LogP contribution is 2.12. The van der Waals surface area contributed by atoms with Gasteiger partial charge in [0, 0.05) is 6.42 Å². The summed E-state index contributed by atoms with van der Waals surface area (Å²) >= 11 is 0. The Balaban J connectivity index is 3.03. The van der Waals surface area contributed by atoms with Crippen molar-refractivity contribution in [2.45, 2.75) is 63.7 Å². The van der Waals surface area contributed by atoms with Crippen LogP contribution in [0.4, 0.5) is 0 Å². The van der Waals surface area contributed by atoms with Crippen LogP contribution in [0.2, 0.25) is 0 Å². The van der Waals surface area contributed by atoms with E-state index in [2.05, 4.69) is 16.0 Å². The number of hydrogen-bond donors (Lipinski definition) is 8. The second-order valence-corrected chi connectivity index (χ2v) is 8.97. The fourth-order valence-electron chi connectivity index (χ4n) is 3.33. The van der Waals surface area contributed by atoms with E-state index in [1.165, 1.54) is 24.3 Å². The summed E-state index contributed by atoms with van der Waals surface area (Å²) in [6.07, 6.45) is -1.21. The molecule has 37 heavy (non-hydrogen) atoms. The monoisotopic (exact) mass is 522 g/mol. The van der Waals surface area contributed by atoms with Crippen molar-refractivity contribution >= 4 is 35.5 Å². The Morgan fingerprint density at radius 2 is 1.22 bits per heavy atom. The summed E-state index contributed by atoms with van der Waals surface area (Å²) < 4.78 is 0. The summed E-state index contributed by atoms with van der Waals surface area (Å²) in [6, 6.07) is 0.0202. The van der Waals surface area contributed by atoms with Crippen molar-refractivity contribution in [3.05, 3.63) is 29.8 Å². The number of carbonyl (C=O) groups is 6. The van der Waals surface area contributed by atoms with Crippen molar-refractivity contribution in [2.24, 2.45) is 23.1 Å². The molecule has 11 N–H and O–H groups in total. The molecule has 1 rings (SSSR count). The lowest BCUT2D eigenvalue weighted by molar-refractivity contribution is -0.142. The van der Waals surface area contributed by atoms with Crippen molar-refractivity contribution in [3.63, 3.8) is 0 Å². The Bertz CT molecular complexity index is 997. The van der Waals surface area contributed by atoms with Crippen molar-refractivity contribution in [1.29, 1.82) is 0 Å². The van der Waals surface area contributed by atoms with E-state index < -0.39 is 72.5 Å². The van der Waals surface area contributed by atoms with Gasteiger partial charge in [-0.3, -0.25) is 24.0 Å². The van der Waals surface area contributed by atoms with E-state index in [1.54, 1.807) is 0 Å². The number of primary amides is 2. The van der Waals surface area contributed by atoms with Crippen LogP contribution in [-0.4, -0.2) is 69.9 Å². The van der Waals surface area contributed by atoms with Gasteiger partial charge in [0.15, 0.2) is 0 Å². The molecule has 4 unspecified atom stereocenters. The maximum Gasteiger partial charge on any atom is 0.326 e. The van der Waals surface area contributed by atoms with Gasteiger partial charge in [-0.15, -0.1) is 0 Å². The largest absolute Gasteiger partial charge is 0.508 e. The molecule has 4 atom stereocenters. The summed E-state index contributed by atoms with van der Waals surface area (Å²) in [5.74, 6) is -6.10. The zero-order chi connectivity index (χ0) is 28.3. The smallest absolute Gasteiger partial charge is 0.326 e. The Hall–Kier alpha value is -4.20. The summed E-state index contributed by atoms with van der Waals surface area (Å²) in [7, 11) is 0. The van der Waals surface area contributed by atoms with Gasteiger partial charge in [-0.05, 0) is 30.0 Å². The van der Waals surface area contributed by atoms with Gasteiger partial charge in [0.1, 0.15) is 23.9 Å². The molecule has 0 heterocycles. The highest BCUT2D eigenvalue weighted by atomic mass is 16.4. The molecule has 0 aromatic heterocycles. The molecule has 14 heteroatoms. The van der Waals surface area contributed by atoms with Crippen LogP contribution in [-0.2, 0) is 35.2 Å². The van der Waals surface area contributed by atoms with Crippen molar-refractivity contribution in [2.75, 3.05) is 0 Å². The molecule has 1 aromatic rings. The molecule has 0 saturated heterocycles. The maximum atomic E-state index is 12.9. The number of carboxylic acids is 1. The van der Waals surface area contributed by atoms with Gasteiger partial charge in [0.05, 0.1) is 18.9 Å². The van der Waals surface area contributed by atoms with Gasteiger partial charge < -0.3 is 43.4 Å². The van der Waals surface area contributed by atoms with Gasteiger partial charge in [-0.1, -0.05) is 26.0 Å². The lowest BCUT2D eigenvalue weighted by Gasteiger charge is -2.24. The summed E-state index contributed by atoms with van der Waals surface area (Å²) in [4.78, 5) is 72.8. The Morgan fingerprint density at radius 3 is 1.62 bits per heavy atom. The first-order chi connectivity index (χ1) is 17.2. The van der Waals surface area contributed by atoms with E-state index >= 15 is 0 Å². The number of carboxylic acid groups (broad SMARTS) is 1. The highest BCUT2D eigenvalue weighted by molar-refractivity contribution is 5.97. The van der Waals surface area contributed by atoms with Crippen LogP contribution in [0.1, 0.15) is 38.7 Å². The molecular weight excluding hydrogens is 488 g/mol. The minimum absolute atomic E-state index is 0.0355. The van der Waals surface area contributed by atoms with E-state index in [1.807, 2.05) is 13.8 Å². The SMILES string of the molecule is CC(C)CC(N)C(=O)NC(CC(N)=O)C(=O)NC(CC(N)=O)C(=O)NC(Cc1ccc(O)cc1)C(=O)O. The fraction of sp³-hybridized carbons (Fsp3) is 0.478. The van der Waals surface area contributed by atoms with Crippen LogP contribution in [0.15, 0.2) is 24.3 Å². The van der Waals surface area contributed by atoms with E-state index in [0.717, 1.165) is 0 Å². The Morgan fingerprint density at radius 1 is 0.784 bits per heavy atom. The molecule has 5 amide bonds. The van der Waals surface area contributed by atoms with Gasteiger partial charge in [0.2, 0.25) is 29.5 Å². The number of hydrogen-bond acceptors (Lipinski definition) is 8. The van der Waals surface area contributed by atoms with Gasteiger partial charge in [-0.2, -0.15) is 0 Å². The molecular formula is C23H34N6O8. The number of carbonyl (C=O) groups excluding carboxylic acids is 5. The quantitative estimate of drug-likeness (QED) is 0.122. The standard InChI is InChI=1S/C23H34N6O8/c1-11(2)7-14(24)20(33)27-15(9-18(25)31)21(34)28-16(10-19(26)32)22(35)29-17(23(36)37)8-12-3-5-13(30)6-4-12/h3-6,11,14-17,30H,7-10,24H2,1-2H3,(H2,25,31)(H2,26,32)(H,27,33)(H,28,34)(H,29,35)(H,36,37).